The van der Waals surface area contributed by atoms with E-state index >= 15 is 0 Å². The normalized spacial score (nSPS) is 10.5. The number of nitro benzene ring substituents is 1. The lowest BCUT2D eigenvalue weighted by atomic mass is 10.2. The van der Waals surface area contributed by atoms with E-state index < -0.39 is 29.2 Å². The van der Waals surface area contributed by atoms with E-state index in [9.17, 15) is 24.1 Å². The molecule has 0 saturated carbocycles. The number of amides is 1. The smallest absolute Gasteiger partial charge is 0.355 e. The molecule has 0 fully saturated rings. The van der Waals surface area contributed by atoms with E-state index in [0.29, 0.717) is 0 Å². The first kappa shape index (κ1) is 17.1. The van der Waals surface area contributed by atoms with Crippen molar-refractivity contribution in [3.8, 4) is 0 Å². The van der Waals surface area contributed by atoms with Gasteiger partial charge in [0.15, 0.2) is 6.61 Å². The molecular weight excluding hydrogens is 345 g/mol. The number of aromatic nitrogens is 1. The molecule has 0 aliphatic heterocycles. The van der Waals surface area contributed by atoms with Crippen molar-refractivity contribution in [3.63, 3.8) is 0 Å². The lowest BCUT2D eigenvalue weighted by molar-refractivity contribution is -0.384. The van der Waals surface area contributed by atoms with E-state index in [1.807, 2.05) is 6.07 Å². The molecule has 2 N–H and O–H groups in total. The minimum Gasteiger partial charge on any atom is -0.451 e. The molecule has 9 heteroatoms. The van der Waals surface area contributed by atoms with Crippen LogP contribution in [0, 0.1) is 15.9 Å². The average molecular weight is 357 g/mol. The minimum absolute atomic E-state index is 0.167. The number of nitrogens with zero attached hydrogens (tertiary/aromatic N) is 1. The fourth-order valence-corrected chi connectivity index (χ4v) is 2.30. The third-order valence-corrected chi connectivity index (χ3v) is 3.52. The number of carbonyl (C=O) groups excluding carboxylic acids is 2. The van der Waals surface area contributed by atoms with Crippen molar-refractivity contribution in [1.29, 1.82) is 0 Å². The number of hydrogen-bond acceptors (Lipinski definition) is 5. The van der Waals surface area contributed by atoms with Crippen LogP contribution in [-0.4, -0.2) is 28.4 Å². The molecule has 0 atom stereocenters. The van der Waals surface area contributed by atoms with E-state index in [2.05, 4.69) is 10.3 Å². The molecule has 132 valence electrons. The van der Waals surface area contributed by atoms with Gasteiger partial charge < -0.3 is 15.0 Å². The van der Waals surface area contributed by atoms with E-state index in [-0.39, 0.29) is 17.1 Å². The Hall–Kier alpha value is -3.75. The second kappa shape index (κ2) is 7.01. The van der Waals surface area contributed by atoms with Crippen LogP contribution in [0.1, 0.15) is 10.5 Å². The molecule has 1 aromatic heterocycles. The Morgan fingerprint density at radius 3 is 2.69 bits per heavy atom. The van der Waals surface area contributed by atoms with Crippen molar-refractivity contribution < 1.29 is 23.6 Å². The summed E-state index contributed by atoms with van der Waals surface area (Å²) in [6, 6.07) is 11.5. The number of non-ortho nitro benzene ring substituents is 1. The van der Waals surface area contributed by atoms with Gasteiger partial charge in [-0.1, -0.05) is 18.2 Å². The van der Waals surface area contributed by atoms with Gasteiger partial charge in [-0.3, -0.25) is 14.9 Å². The summed E-state index contributed by atoms with van der Waals surface area (Å²) in [6.45, 7) is -0.670. The number of anilines is 1. The fraction of sp³-hybridized carbons (Fsp3) is 0.0588. The number of nitro groups is 1. The first-order valence-corrected chi connectivity index (χ1v) is 7.43. The summed E-state index contributed by atoms with van der Waals surface area (Å²) in [5.74, 6) is -2.42. The summed E-state index contributed by atoms with van der Waals surface area (Å²) in [5, 5.41) is 13.6. The average Bonchev–Trinajstić information content (AvgIpc) is 3.05. The van der Waals surface area contributed by atoms with Gasteiger partial charge in [0.1, 0.15) is 11.5 Å². The molecule has 1 heterocycles. The van der Waals surface area contributed by atoms with Crippen LogP contribution in [-0.2, 0) is 9.53 Å². The lowest BCUT2D eigenvalue weighted by Crippen LogP contribution is -2.21. The third kappa shape index (κ3) is 3.66. The van der Waals surface area contributed by atoms with E-state index in [1.165, 1.54) is 0 Å². The lowest BCUT2D eigenvalue weighted by Gasteiger charge is -2.07. The summed E-state index contributed by atoms with van der Waals surface area (Å²) >= 11 is 0. The number of nitrogens with one attached hydrogen (secondary N) is 2. The second-order valence-corrected chi connectivity index (χ2v) is 5.32. The standard InChI is InChI=1S/C17H12FN3O5/c18-12-6-5-11(21(24)25)8-14(12)20-16(22)9-26-17(23)15-7-10-3-1-2-4-13(10)19-15/h1-8,19H,9H2,(H,20,22). The van der Waals surface area contributed by atoms with Crippen molar-refractivity contribution in [1.82, 2.24) is 4.98 Å². The maximum atomic E-state index is 13.6. The fourth-order valence-electron chi connectivity index (χ4n) is 2.30. The number of rotatable bonds is 5. The predicted octanol–water partition coefficient (Wildman–Crippen LogP) is 3.01. The van der Waals surface area contributed by atoms with Crippen LogP contribution in [0.4, 0.5) is 15.8 Å². The largest absolute Gasteiger partial charge is 0.451 e. The van der Waals surface area contributed by atoms with Gasteiger partial charge in [0.2, 0.25) is 0 Å². The Labute approximate surface area is 145 Å². The Kier molecular flexibility index (Phi) is 4.61. The number of para-hydroxylation sites is 1. The SMILES string of the molecule is O=C(COC(=O)c1cc2ccccc2[nH]1)Nc1cc([N+](=O)[O-])ccc1F. The zero-order valence-corrected chi connectivity index (χ0v) is 13.2. The summed E-state index contributed by atoms with van der Waals surface area (Å²) in [6.07, 6.45) is 0. The molecule has 0 saturated heterocycles. The second-order valence-electron chi connectivity index (χ2n) is 5.32. The van der Waals surface area contributed by atoms with Gasteiger partial charge in [-0.15, -0.1) is 0 Å². The number of aromatic amines is 1. The summed E-state index contributed by atoms with van der Waals surface area (Å²) in [4.78, 5) is 36.6. The maximum absolute atomic E-state index is 13.6. The molecule has 8 nitrogen and oxygen atoms in total. The van der Waals surface area contributed by atoms with Crippen LogP contribution in [0.25, 0.3) is 10.9 Å². The molecule has 3 rings (SSSR count). The molecule has 0 aliphatic carbocycles. The molecule has 0 aliphatic rings. The number of halogens is 1. The molecule has 0 spiro atoms. The number of esters is 1. The van der Waals surface area contributed by atoms with Gasteiger partial charge in [-0.25, -0.2) is 9.18 Å². The summed E-state index contributed by atoms with van der Waals surface area (Å²) < 4.78 is 18.5. The van der Waals surface area contributed by atoms with Gasteiger partial charge in [-0.2, -0.15) is 0 Å². The van der Waals surface area contributed by atoms with Crippen LogP contribution < -0.4 is 5.32 Å². The molecule has 26 heavy (non-hydrogen) atoms. The first-order chi connectivity index (χ1) is 12.4. The highest BCUT2D eigenvalue weighted by Crippen LogP contribution is 2.21. The minimum atomic E-state index is -0.842. The topological polar surface area (TPSA) is 114 Å². The van der Waals surface area contributed by atoms with Crippen LogP contribution in [0.5, 0.6) is 0 Å². The van der Waals surface area contributed by atoms with Gasteiger partial charge in [-0.05, 0) is 18.2 Å². The molecule has 1 amide bonds. The van der Waals surface area contributed by atoms with Crippen molar-refractivity contribution in [2.75, 3.05) is 11.9 Å². The van der Waals surface area contributed by atoms with Crippen LogP contribution in [0.2, 0.25) is 0 Å². The Balaban J connectivity index is 1.62. The predicted molar refractivity (Wildman–Crippen MR) is 90.3 cm³/mol. The van der Waals surface area contributed by atoms with Crippen LogP contribution in [0.3, 0.4) is 0 Å². The number of benzene rings is 2. The number of fused-ring (bicyclic) bond motifs is 1. The van der Waals surface area contributed by atoms with E-state index in [0.717, 1.165) is 29.1 Å². The number of ether oxygens (including phenoxy) is 1. The zero-order valence-electron chi connectivity index (χ0n) is 13.2. The summed E-state index contributed by atoms with van der Waals surface area (Å²) in [7, 11) is 0. The molecule has 0 unspecified atom stereocenters. The van der Waals surface area contributed by atoms with Crippen LogP contribution in [0.15, 0.2) is 48.5 Å². The molecule has 0 bridgehead atoms. The van der Waals surface area contributed by atoms with E-state index in [4.69, 9.17) is 4.74 Å². The monoisotopic (exact) mass is 357 g/mol. The van der Waals surface area contributed by atoms with Gasteiger partial charge >= 0.3 is 5.97 Å². The van der Waals surface area contributed by atoms with Gasteiger partial charge in [0.05, 0.1) is 10.6 Å². The first-order valence-electron chi connectivity index (χ1n) is 7.43. The zero-order chi connectivity index (χ0) is 18.7. The van der Waals surface area contributed by atoms with Gasteiger partial charge in [0.25, 0.3) is 11.6 Å². The molecule has 3 aromatic rings. The van der Waals surface area contributed by atoms with Crippen molar-refractivity contribution >= 4 is 34.2 Å². The van der Waals surface area contributed by atoms with Gasteiger partial charge in [0, 0.05) is 23.0 Å². The highest BCUT2D eigenvalue weighted by Gasteiger charge is 2.16. The van der Waals surface area contributed by atoms with E-state index in [1.54, 1.807) is 24.3 Å². The Bertz CT molecular complexity index is 982. The maximum Gasteiger partial charge on any atom is 0.355 e. The highest BCUT2D eigenvalue weighted by molar-refractivity contribution is 5.97. The molecule has 2 aromatic carbocycles. The van der Waals surface area contributed by atoms with Crippen molar-refractivity contribution in [2.24, 2.45) is 0 Å². The Morgan fingerprint density at radius 2 is 1.96 bits per heavy atom. The molecular formula is C17H12FN3O5. The Morgan fingerprint density at radius 1 is 1.19 bits per heavy atom. The number of carbonyl (C=O) groups is 2. The van der Waals surface area contributed by atoms with Crippen molar-refractivity contribution in [2.45, 2.75) is 0 Å². The van der Waals surface area contributed by atoms with Crippen LogP contribution >= 0.6 is 0 Å². The quantitative estimate of drug-likeness (QED) is 0.414. The number of H-pyrrole nitrogens is 1. The number of hydrogen-bond donors (Lipinski definition) is 2. The highest BCUT2D eigenvalue weighted by atomic mass is 19.1. The summed E-state index contributed by atoms with van der Waals surface area (Å²) in [5.41, 5.74) is 0.158. The van der Waals surface area contributed by atoms with Crippen molar-refractivity contribution in [3.05, 3.63) is 70.2 Å². The third-order valence-electron chi connectivity index (χ3n) is 3.52. The molecule has 0 radical (unpaired) electrons.